The number of nitrogens with one attached hydrogen (secondary N) is 8. The Hall–Kier alpha value is -8.63. The second-order valence-corrected chi connectivity index (χ2v) is 28.6. The van der Waals surface area contributed by atoms with Gasteiger partial charge in [0.25, 0.3) is 0 Å². The molecule has 3 saturated carbocycles. The molecule has 15 N–H and O–H groups in total. The molecular weight excluding hydrogens is 1330 g/mol. The topological polar surface area (TPSA) is 406 Å². The number of carboxylic acids is 1. The number of amides is 10. The number of nitrogens with zero attached hydrogens (tertiary/aromatic N) is 1. The summed E-state index contributed by atoms with van der Waals surface area (Å²) < 4.78 is 0. The summed E-state index contributed by atoms with van der Waals surface area (Å²) in [6.07, 6.45) is 20.0. The fourth-order valence-electron chi connectivity index (χ4n) is 13.0. The molecule has 528 valence electrons. The van der Waals surface area contributed by atoms with Gasteiger partial charge in [0.15, 0.2) is 0 Å². The first-order valence-electron chi connectivity index (χ1n) is 34.2. The molecule has 0 bridgehead atoms. The smallest absolute Gasteiger partial charge is 0.331 e. The van der Waals surface area contributed by atoms with E-state index in [-0.39, 0.29) is 78.4 Å². The van der Waals surface area contributed by atoms with Gasteiger partial charge in [-0.1, -0.05) is 91.5 Å². The molecule has 3 heterocycles. The minimum Gasteiger partial charge on any atom is -0.478 e. The summed E-state index contributed by atoms with van der Waals surface area (Å²) >= 11 is 17.9. The highest BCUT2D eigenvalue weighted by molar-refractivity contribution is 6.31. The quantitative estimate of drug-likeness (QED) is 0.0512. The Morgan fingerprint density at radius 3 is 1.19 bits per heavy atom. The average molecular weight is 1420 g/mol. The van der Waals surface area contributed by atoms with E-state index in [0.29, 0.717) is 127 Å². The van der Waals surface area contributed by atoms with E-state index in [0.717, 1.165) is 91.2 Å². The highest BCUT2D eigenvalue weighted by atomic mass is 35.5. The number of fused-ring (bicyclic) bond motifs is 3. The largest absolute Gasteiger partial charge is 0.478 e. The fourth-order valence-corrected chi connectivity index (χ4v) is 13.5. The van der Waals surface area contributed by atoms with Crippen molar-refractivity contribution in [3.8, 4) is 6.07 Å². The Morgan fingerprint density at radius 1 is 0.475 bits per heavy atom. The maximum Gasteiger partial charge on any atom is 0.331 e. The Bertz CT molecular complexity index is 3750. The molecule has 9 atom stereocenters. The number of rotatable bonds is 25. The van der Waals surface area contributed by atoms with E-state index in [4.69, 9.17) is 57.1 Å². The van der Waals surface area contributed by atoms with Crippen molar-refractivity contribution in [1.29, 1.82) is 5.26 Å². The van der Waals surface area contributed by atoms with E-state index in [1.807, 2.05) is 36.4 Å². The van der Waals surface area contributed by atoms with Crippen LogP contribution in [0.3, 0.4) is 0 Å². The van der Waals surface area contributed by atoms with Gasteiger partial charge in [-0.3, -0.25) is 47.9 Å². The molecule has 9 aliphatic rings. The van der Waals surface area contributed by atoms with Crippen LogP contribution in [0.1, 0.15) is 149 Å². The van der Waals surface area contributed by atoms with Gasteiger partial charge in [-0.05, 0) is 183 Å². The molecule has 0 radical (unpaired) electrons. The van der Waals surface area contributed by atoms with Gasteiger partial charge in [0.2, 0.25) is 59.1 Å². The minimum absolute atomic E-state index is 0.0681. The lowest BCUT2D eigenvalue weighted by molar-refractivity contribution is -0.133. The van der Waals surface area contributed by atoms with E-state index in [9.17, 15) is 58.0 Å². The van der Waals surface area contributed by atoms with Crippen LogP contribution in [0.4, 0.5) is 0 Å². The third-order valence-electron chi connectivity index (χ3n) is 19.3. The van der Waals surface area contributed by atoms with Gasteiger partial charge in [-0.15, -0.1) is 0 Å². The molecule has 12 rings (SSSR count). The SMILES string of the molecule is N#C[C@H](C[C@@H]1CCCNC1=O)NC(=O)[C@H](CC1CC1)NC(=O)C1=Cc2cc(Cl)ccc2C1.NC(=O)[C@H](C[C@@H]1CCCNC1=O)NC(=O)[C@@H](N)CC1CC1.NC(=O)[C@H](C[C@@H]1CCCNC1=O)NC(=O)[C@H](CC1CC1)NC(=O)C1=Cc2cc(Cl)ccc2C1.O=C(O)C1=Cc2cc(Cl)ccc2C1. The summed E-state index contributed by atoms with van der Waals surface area (Å²) in [5.41, 5.74) is 24.1. The second-order valence-electron chi connectivity index (χ2n) is 27.3. The van der Waals surface area contributed by atoms with E-state index < -0.39 is 59.9 Å². The summed E-state index contributed by atoms with van der Waals surface area (Å²) in [7, 11) is 0. The van der Waals surface area contributed by atoms with Crippen LogP contribution in [0, 0.1) is 46.8 Å². The average Bonchev–Trinajstić information content (AvgIpc) is 1.68. The van der Waals surface area contributed by atoms with E-state index in [1.54, 1.807) is 36.4 Å². The van der Waals surface area contributed by atoms with Crippen LogP contribution in [-0.2, 0) is 72.0 Å². The summed E-state index contributed by atoms with van der Waals surface area (Å²) in [6, 6.07) is 13.9. The third-order valence-corrected chi connectivity index (χ3v) is 20.0. The standard InChI is InChI=1S/C24H29ClN4O4.C24H27ClN4O3.C14H24N4O3.C10H7ClO2/c25-18-6-5-14-9-17(10-16(14)11-18)23(32)29-20(8-13-3-4-13)24(33)28-19(21(26)30)12-15-2-1-7-27-22(15)31;25-19-6-5-15-9-18(10-17(15)11-19)23(31)29-21(8-14-3-4-14)24(32)28-20(13-26)12-16-2-1-7-27-22(16)30;15-10(6-8-3-4-8)14(21)18-11(12(16)19)7-9-2-1-5-17-13(9)20;11-9-2-1-6-3-8(10(12)13)4-7(6)5-9/h5-6,10-11,13,15,19-20H,1-4,7-9,12H2,(H2,26,30)(H,27,31)(H,28,33)(H,29,32);5-6,10-11,14,16,20-21H,1-4,7-9,12H2,(H,27,30)(H,28,32)(H,29,31);8-11H,1-7,15H2,(H2,16,19)(H,17,20)(H,18,21);1-2,4-5H,3H2,(H,12,13)/t15-,19-,20-;16-,20-,21-;9-,10-,11-;/m000./s1. The van der Waals surface area contributed by atoms with Gasteiger partial charge in [0.05, 0.1) is 12.1 Å². The molecule has 0 aromatic heterocycles. The summed E-state index contributed by atoms with van der Waals surface area (Å²) in [5, 5.41) is 42.3. The van der Waals surface area contributed by atoms with Gasteiger partial charge in [0.1, 0.15) is 30.2 Å². The zero-order valence-corrected chi connectivity index (χ0v) is 57.3. The zero-order valence-electron chi connectivity index (χ0n) is 55.1. The van der Waals surface area contributed by atoms with Gasteiger partial charge < -0.3 is 64.8 Å². The molecule has 6 fully saturated rings. The zero-order chi connectivity index (χ0) is 71.0. The Labute approximate surface area is 589 Å². The molecule has 3 aromatic carbocycles. The Kier molecular flexibility index (Phi) is 26.3. The third kappa shape index (κ3) is 22.4. The van der Waals surface area contributed by atoms with Gasteiger partial charge in [-0.2, -0.15) is 5.26 Å². The molecular formula is C72H87Cl3N12O12. The predicted octanol–water partition coefficient (Wildman–Crippen LogP) is 5.30. The summed E-state index contributed by atoms with van der Waals surface area (Å²) in [6.45, 7) is 1.93. The minimum atomic E-state index is -0.970. The van der Waals surface area contributed by atoms with Crippen molar-refractivity contribution in [2.24, 2.45) is 52.7 Å². The van der Waals surface area contributed by atoms with Crippen LogP contribution in [0.2, 0.25) is 15.1 Å². The number of carbonyl (C=O) groups excluding carboxylic acids is 10. The number of piperidine rings is 3. The van der Waals surface area contributed by atoms with Crippen LogP contribution >= 0.6 is 34.8 Å². The predicted molar refractivity (Wildman–Crippen MR) is 372 cm³/mol. The van der Waals surface area contributed by atoms with Crippen LogP contribution < -0.4 is 59.7 Å². The van der Waals surface area contributed by atoms with Crippen LogP contribution in [0.5, 0.6) is 0 Å². The number of carbonyl (C=O) groups is 11. The first-order chi connectivity index (χ1) is 47.4. The Morgan fingerprint density at radius 2 is 0.828 bits per heavy atom. The first kappa shape index (κ1) is 74.6. The number of hydrogen-bond acceptors (Lipinski definition) is 13. The lowest BCUT2D eigenvalue weighted by Gasteiger charge is -2.27. The van der Waals surface area contributed by atoms with E-state index in [1.165, 1.54) is 0 Å². The van der Waals surface area contributed by atoms with Crippen molar-refractivity contribution in [1.82, 2.24) is 42.5 Å². The molecule has 0 unspecified atom stereocenters. The van der Waals surface area contributed by atoms with E-state index in [2.05, 4.69) is 48.6 Å². The van der Waals surface area contributed by atoms with Crippen molar-refractivity contribution in [3.63, 3.8) is 0 Å². The number of nitriles is 1. The molecule has 10 amide bonds. The lowest BCUT2D eigenvalue weighted by atomic mass is 9.91. The van der Waals surface area contributed by atoms with Crippen molar-refractivity contribution in [3.05, 3.63) is 120 Å². The van der Waals surface area contributed by atoms with Gasteiger partial charge in [-0.25, -0.2) is 4.79 Å². The van der Waals surface area contributed by atoms with Crippen LogP contribution in [-0.4, -0.2) is 126 Å². The van der Waals surface area contributed by atoms with E-state index >= 15 is 0 Å². The Balaban J connectivity index is 0.000000162. The highest BCUT2D eigenvalue weighted by Gasteiger charge is 2.38. The molecule has 0 spiro atoms. The number of hydrogen-bond donors (Lipinski definition) is 12. The number of halogens is 3. The maximum absolute atomic E-state index is 13.1. The molecule has 3 saturated heterocycles. The number of carboxylic acid groups (broad SMARTS) is 1. The number of aliphatic carboxylic acids is 1. The highest BCUT2D eigenvalue weighted by Crippen LogP contribution is 2.37. The summed E-state index contributed by atoms with van der Waals surface area (Å²) in [5.74, 6) is -3.85. The van der Waals surface area contributed by atoms with Crippen LogP contribution in [0.15, 0.2) is 71.3 Å². The second kappa shape index (κ2) is 34.9. The first-order valence-corrected chi connectivity index (χ1v) is 35.3. The van der Waals surface area contributed by atoms with Gasteiger partial charge >= 0.3 is 5.97 Å². The molecule has 3 aliphatic heterocycles. The maximum atomic E-state index is 13.1. The monoisotopic (exact) mass is 1420 g/mol. The lowest BCUT2D eigenvalue weighted by Crippen LogP contribution is -2.54. The van der Waals surface area contributed by atoms with Crippen molar-refractivity contribution >= 4 is 118 Å². The van der Waals surface area contributed by atoms with Crippen molar-refractivity contribution in [2.45, 2.75) is 171 Å². The number of benzene rings is 3. The summed E-state index contributed by atoms with van der Waals surface area (Å²) in [4.78, 5) is 134. The van der Waals surface area contributed by atoms with Crippen LogP contribution in [0.25, 0.3) is 18.2 Å². The molecule has 6 aliphatic carbocycles. The molecule has 3 aromatic rings. The molecule has 99 heavy (non-hydrogen) atoms. The normalized spacial score (nSPS) is 21.1. The van der Waals surface area contributed by atoms with Crippen molar-refractivity contribution in [2.75, 3.05) is 19.6 Å². The fraction of sp³-hybridized carbons (Fsp3) is 0.500. The van der Waals surface area contributed by atoms with Crippen molar-refractivity contribution < 1.29 is 57.8 Å². The van der Waals surface area contributed by atoms with Gasteiger partial charge in [0, 0.05) is 88.4 Å². The molecule has 27 heteroatoms. The molecule has 24 nitrogen and oxygen atoms in total. The number of primary amides is 2. The number of nitrogens with two attached hydrogens (primary N) is 3.